The van der Waals surface area contributed by atoms with Crippen LogP contribution >= 0.6 is 0 Å². The number of H-pyrrole nitrogens is 1. The highest BCUT2D eigenvalue weighted by Crippen LogP contribution is 2.40. The minimum Gasteiger partial charge on any atom is -0.482 e. The Morgan fingerprint density at radius 1 is 1.17 bits per heavy atom. The Morgan fingerprint density at radius 3 is 2.54 bits per heavy atom. The first kappa shape index (κ1) is 28.5. The molecule has 11 heteroatoms. The lowest BCUT2D eigenvalue weighted by molar-refractivity contribution is -0.00314. The predicted octanol–water partition coefficient (Wildman–Crippen LogP) is 4.81. The minimum absolute atomic E-state index is 0.0497. The number of carboxylic acid groups (broad SMARTS) is 1. The molecule has 2 aromatic heterocycles. The summed E-state index contributed by atoms with van der Waals surface area (Å²) in [5, 5.41) is 16.5. The maximum atomic E-state index is 12.8. The van der Waals surface area contributed by atoms with Crippen molar-refractivity contribution in [2.45, 2.75) is 71.1 Å². The van der Waals surface area contributed by atoms with Crippen molar-refractivity contribution in [1.82, 2.24) is 30.0 Å². The molecule has 1 aromatic carbocycles. The van der Waals surface area contributed by atoms with Crippen LogP contribution in [0.3, 0.4) is 0 Å². The molecule has 41 heavy (non-hydrogen) atoms. The summed E-state index contributed by atoms with van der Waals surface area (Å²) >= 11 is 0. The first-order chi connectivity index (χ1) is 19.5. The van der Waals surface area contributed by atoms with Crippen molar-refractivity contribution in [2.24, 2.45) is 0 Å². The minimum atomic E-state index is -1.03. The number of carbonyl (C=O) groups excluding carboxylic acids is 1. The molecule has 1 saturated heterocycles. The zero-order valence-electron chi connectivity index (χ0n) is 24.3. The van der Waals surface area contributed by atoms with E-state index in [2.05, 4.69) is 26.1 Å². The van der Waals surface area contributed by atoms with Crippen LogP contribution in [0.1, 0.15) is 79.7 Å². The summed E-state index contributed by atoms with van der Waals surface area (Å²) in [4.78, 5) is 37.7. The highest BCUT2D eigenvalue weighted by atomic mass is 16.6. The molecule has 2 aliphatic rings. The number of nitrogens with zero attached hydrogens (tertiary/aromatic N) is 5. The smallest absolute Gasteiger partial charge is 0.410 e. The molecule has 1 amide bonds. The standard InChI is InChI=1S/C30H38N6O5/c1-18-12-25(23(13-22(18)28(37)38)27-32-17-33-34-27)40-26(24-9-8-21(14-31-24)20-6-7-20)16-35-10-11-36(19(2)15-35)29(39)41-30(3,4)5/h8-9,12-14,17,19-20,26H,6-7,10-11,15-16H2,1-5H3,(H,37,38)(H,32,33,34)/t19-,26?/m1/s1. The summed E-state index contributed by atoms with van der Waals surface area (Å²) in [6.45, 7) is 11.7. The summed E-state index contributed by atoms with van der Waals surface area (Å²) in [7, 11) is 0. The normalized spacial score (nSPS) is 18.7. The van der Waals surface area contributed by atoms with E-state index in [-0.39, 0.29) is 17.7 Å². The highest BCUT2D eigenvalue weighted by Gasteiger charge is 2.33. The fourth-order valence-electron chi connectivity index (χ4n) is 5.16. The maximum Gasteiger partial charge on any atom is 0.410 e. The van der Waals surface area contributed by atoms with E-state index in [1.54, 1.807) is 24.0 Å². The molecule has 2 fully saturated rings. The molecule has 0 radical (unpaired) electrons. The first-order valence-corrected chi connectivity index (χ1v) is 14.1. The number of hydrogen-bond donors (Lipinski definition) is 2. The van der Waals surface area contributed by atoms with E-state index in [0.717, 1.165) is 5.69 Å². The van der Waals surface area contributed by atoms with Gasteiger partial charge in [0.25, 0.3) is 0 Å². The van der Waals surface area contributed by atoms with E-state index in [9.17, 15) is 14.7 Å². The van der Waals surface area contributed by atoms with Gasteiger partial charge in [0.1, 0.15) is 17.7 Å². The second kappa shape index (κ2) is 11.5. The number of carboxylic acids is 1. The van der Waals surface area contributed by atoms with Crippen LogP contribution in [0.2, 0.25) is 0 Å². The number of amides is 1. The lowest BCUT2D eigenvalue weighted by atomic mass is 10.0. The van der Waals surface area contributed by atoms with Crippen molar-refractivity contribution in [2.75, 3.05) is 26.2 Å². The van der Waals surface area contributed by atoms with E-state index in [1.807, 2.05) is 40.0 Å². The average molecular weight is 563 g/mol. The number of aromatic carboxylic acids is 1. The number of aromatic nitrogens is 4. The molecule has 1 aliphatic carbocycles. The molecule has 1 aliphatic heterocycles. The summed E-state index contributed by atoms with van der Waals surface area (Å²) in [5.74, 6) is 0.461. The molecule has 0 bridgehead atoms. The van der Waals surface area contributed by atoms with E-state index in [4.69, 9.17) is 14.5 Å². The number of hydrogen-bond acceptors (Lipinski definition) is 8. The van der Waals surface area contributed by atoms with Crippen LogP contribution in [-0.2, 0) is 4.74 Å². The van der Waals surface area contributed by atoms with Crippen molar-refractivity contribution < 1.29 is 24.2 Å². The highest BCUT2D eigenvalue weighted by molar-refractivity contribution is 5.91. The third-order valence-corrected chi connectivity index (χ3v) is 7.45. The van der Waals surface area contributed by atoms with Gasteiger partial charge in [0, 0.05) is 38.4 Å². The van der Waals surface area contributed by atoms with Crippen molar-refractivity contribution >= 4 is 12.1 Å². The topological polar surface area (TPSA) is 134 Å². The summed E-state index contributed by atoms with van der Waals surface area (Å²) < 4.78 is 12.3. The fraction of sp³-hybridized carbons (Fsp3) is 0.500. The van der Waals surface area contributed by atoms with Gasteiger partial charge in [-0.2, -0.15) is 5.10 Å². The van der Waals surface area contributed by atoms with Crippen LogP contribution in [0.25, 0.3) is 11.4 Å². The van der Waals surface area contributed by atoms with Crippen LogP contribution in [-0.4, -0.2) is 85.0 Å². The number of nitrogens with one attached hydrogen (secondary N) is 1. The molecular weight excluding hydrogens is 524 g/mol. The number of piperazine rings is 1. The summed E-state index contributed by atoms with van der Waals surface area (Å²) in [6, 6.07) is 7.39. The molecular formula is C30H38N6O5. The Labute approximate surface area is 239 Å². The maximum absolute atomic E-state index is 12.8. The average Bonchev–Trinajstić information content (AvgIpc) is 3.61. The quantitative estimate of drug-likeness (QED) is 0.397. The Hall–Kier alpha value is -3.99. The molecule has 1 unspecified atom stereocenters. The van der Waals surface area contributed by atoms with E-state index >= 15 is 0 Å². The lowest BCUT2D eigenvalue weighted by Gasteiger charge is -2.41. The van der Waals surface area contributed by atoms with Crippen LogP contribution in [0.4, 0.5) is 4.79 Å². The number of pyridine rings is 1. The Morgan fingerprint density at radius 2 is 1.95 bits per heavy atom. The van der Waals surface area contributed by atoms with Crippen LogP contribution in [0.15, 0.2) is 36.8 Å². The van der Waals surface area contributed by atoms with Crippen LogP contribution in [0.5, 0.6) is 5.75 Å². The van der Waals surface area contributed by atoms with Gasteiger partial charge in [-0.1, -0.05) is 6.07 Å². The molecule has 1 saturated carbocycles. The van der Waals surface area contributed by atoms with Gasteiger partial charge in [-0.25, -0.2) is 14.6 Å². The number of aryl methyl sites for hydroxylation is 1. The molecule has 11 nitrogen and oxygen atoms in total. The molecule has 2 N–H and O–H groups in total. The van der Waals surface area contributed by atoms with Gasteiger partial charge >= 0.3 is 12.1 Å². The number of carbonyl (C=O) groups is 2. The third kappa shape index (κ3) is 6.84. The van der Waals surface area contributed by atoms with E-state index in [1.165, 1.54) is 24.7 Å². The van der Waals surface area contributed by atoms with Crippen LogP contribution in [0, 0.1) is 6.92 Å². The Balaban J connectivity index is 1.41. The van der Waals surface area contributed by atoms with Gasteiger partial charge < -0.3 is 19.5 Å². The van der Waals surface area contributed by atoms with Crippen molar-refractivity contribution in [3.8, 4) is 17.1 Å². The second-order valence-corrected chi connectivity index (χ2v) is 12.0. The Kier molecular flexibility index (Phi) is 7.99. The van der Waals surface area contributed by atoms with Gasteiger partial charge in [0.2, 0.25) is 0 Å². The number of aromatic amines is 1. The number of benzene rings is 1. The van der Waals surface area contributed by atoms with E-state index in [0.29, 0.717) is 54.8 Å². The second-order valence-electron chi connectivity index (χ2n) is 12.0. The van der Waals surface area contributed by atoms with Gasteiger partial charge in [0.05, 0.1) is 16.8 Å². The van der Waals surface area contributed by atoms with Crippen molar-refractivity contribution in [3.05, 3.63) is 59.2 Å². The number of ether oxygens (including phenoxy) is 2. The Bertz CT molecular complexity index is 1380. The summed E-state index contributed by atoms with van der Waals surface area (Å²) in [6.07, 6.45) is 4.93. The van der Waals surface area contributed by atoms with Gasteiger partial charge in [-0.15, -0.1) is 0 Å². The molecule has 5 rings (SSSR count). The first-order valence-electron chi connectivity index (χ1n) is 14.1. The largest absolute Gasteiger partial charge is 0.482 e. The SMILES string of the molecule is Cc1cc(OC(CN2CCN(C(=O)OC(C)(C)C)[C@H](C)C2)c2ccc(C3CC3)cn2)c(-c2ncn[nH]2)cc1C(=O)O. The third-order valence-electron chi connectivity index (χ3n) is 7.45. The molecule has 218 valence electrons. The molecule has 3 aromatic rings. The van der Waals surface area contributed by atoms with Crippen LogP contribution < -0.4 is 4.74 Å². The fourth-order valence-corrected chi connectivity index (χ4v) is 5.16. The van der Waals surface area contributed by atoms with Gasteiger partial charge in [-0.3, -0.25) is 15.0 Å². The summed E-state index contributed by atoms with van der Waals surface area (Å²) in [5.41, 5.74) is 2.70. The monoisotopic (exact) mass is 562 g/mol. The van der Waals surface area contributed by atoms with E-state index < -0.39 is 17.7 Å². The van der Waals surface area contributed by atoms with Gasteiger partial charge in [-0.05, 0) is 82.7 Å². The van der Waals surface area contributed by atoms with Crippen molar-refractivity contribution in [1.29, 1.82) is 0 Å². The van der Waals surface area contributed by atoms with Crippen molar-refractivity contribution in [3.63, 3.8) is 0 Å². The van der Waals surface area contributed by atoms with Gasteiger partial charge in [0.15, 0.2) is 11.9 Å². The lowest BCUT2D eigenvalue weighted by Crippen LogP contribution is -2.55. The number of rotatable bonds is 8. The molecule has 2 atom stereocenters. The zero-order valence-corrected chi connectivity index (χ0v) is 24.3. The molecule has 0 spiro atoms. The zero-order chi connectivity index (χ0) is 29.3. The predicted molar refractivity (Wildman–Crippen MR) is 152 cm³/mol. The molecule has 3 heterocycles.